The van der Waals surface area contributed by atoms with Crippen molar-refractivity contribution in [3.8, 4) is 0 Å². The second-order valence-electron chi connectivity index (χ2n) is 9.63. The van der Waals surface area contributed by atoms with E-state index in [1.807, 2.05) is 78.9 Å². The fraction of sp³-hybridized carbons (Fsp3) is 0.233. The molecule has 0 aliphatic carbocycles. The summed E-state index contributed by atoms with van der Waals surface area (Å²) in [6, 6.07) is 23.3. The molecule has 1 N–H and O–H groups in total. The molecular formula is C30H30ClN5O3. The number of nitrogens with one attached hydrogen (secondary N) is 1. The molecule has 5 rings (SSSR count). The van der Waals surface area contributed by atoms with E-state index in [0.29, 0.717) is 11.6 Å². The number of rotatable bonds is 7. The number of hydrogen-bond donors (Lipinski definition) is 1. The molecule has 0 saturated carbocycles. The molecule has 0 spiro atoms. The number of urea groups is 1. The Morgan fingerprint density at radius 1 is 1.08 bits per heavy atom. The standard InChI is InChI=1S/C30H30ClN5O3/c1-3-21-14-15-24(25(31)16-21)18-34-19-26-35(33(2)30(39)32-17-22-10-6-4-7-11-22)20-27(37)36(26)28(29(34)38)23-12-8-5-9-13-23/h3-16,26,28H,1,17-20H2,2H3,(H,32,39)/t26-,28+/m1/s1. The number of halogens is 1. The van der Waals surface area contributed by atoms with Gasteiger partial charge in [0.1, 0.15) is 12.2 Å². The summed E-state index contributed by atoms with van der Waals surface area (Å²) in [5.41, 5.74) is 3.37. The Morgan fingerprint density at radius 2 is 1.77 bits per heavy atom. The second kappa shape index (κ2) is 11.3. The average Bonchev–Trinajstić information content (AvgIpc) is 3.29. The summed E-state index contributed by atoms with van der Waals surface area (Å²) in [6.45, 7) is 4.62. The van der Waals surface area contributed by atoms with Crippen LogP contribution >= 0.6 is 11.6 Å². The molecule has 200 valence electrons. The van der Waals surface area contributed by atoms with E-state index < -0.39 is 12.2 Å². The van der Waals surface area contributed by atoms with Crippen molar-refractivity contribution >= 4 is 35.5 Å². The molecule has 39 heavy (non-hydrogen) atoms. The van der Waals surface area contributed by atoms with E-state index in [-0.39, 0.29) is 37.5 Å². The largest absolute Gasteiger partial charge is 0.333 e. The van der Waals surface area contributed by atoms with Crippen molar-refractivity contribution < 1.29 is 14.4 Å². The van der Waals surface area contributed by atoms with Gasteiger partial charge in [0, 0.05) is 25.2 Å². The third-order valence-corrected chi connectivity index (χ3v) is 7.56. The Morgan fingerprint density at radius 3 is 2.44 bits per heavy atom. The van der Waals surface area contributed by atoms with Gasteiger partial charge in [0.05, 0.1) is 13.1 Å². The minimum absolute atomic E-state index is 0.0147. The van der Waals surface area contributed by atoms with Gasteiger partial charge < -0.3 is 15.1 Å². The Hall–Kier alpha value is -4.14. The van der Waals surface area contributed by atoms with Crippen molar-refractivity contribution in [1.82, 2.24) is 25.1 Å². The van der Waals surface area contributed by atoms with Gasteiger partial charge in [-0.25, -0.2) is 4.79 Å². The fourth-order valence-electron chi connectivity index (χ4n) is 5.13. The smallest absolute Gasteiger partial charge is 0.332 e. The Bertz CT molecular complexity index is 1380. The normalized spacial score (nSPS) is 19.1. The molecule has 2 aliphatic heterocycles. The number of nitrogens with zero attached hydrogens (tertiary/aromatic N) is 4. The predicted molar refractivity (Wildman–Crippen MR) is 150 cm³/mol. The Labute approximate surface area is 233 Å². The van der Waals surface area contributed by atoms with Crippen LogP contribution < -0.4 is 5.32 Å². The number of benzene rings is 3. The molecule has 0 bridgehead atoms. The first-order valence-corrected chi connectivity index (χ1v) is 13.1. The van der Waals surface area contributed by atoms with Crippen molar-refractivity contribution in [3.63, 3.8) is 0 Å². The maximum atomic E-state index is 13.9. The van der Waals surface area contributed by atoms with E-state index in [1.165, 1.54) is 5.01 Å². The van der Waals surface area contributed by atoms with Gasteiger partial charge in [0.15, 0.2) is 0 Å². The molecule has 9 heteroatoms. The van der Waals surface area contributed by atoms with Crippen LogP contribution in [0, 0.1) is 0 Å². The van der Waals surface area contributed by atoms with E-state index in [2.05, 4.69) is 11.9 Å². The summed E-state index contributed by atoms with van der Waals surface area (Å²) < 4.78 is 0. The molecular weight excluding hydrogens is 514 g/mol. The molecule has 2 saturated heterocycles. The molecule has 2 atom stereocenters. The molecule has 2 heterocycles. The zero-order valence-corrected chi connectivity index (χ0v) is 22.4. The van der Waals surface area contributed by atoms with Gasteiger partial charge in [-0.05, 0) is 28.3 Å². The number of carbonyl (C=O) groups is 3. The van der Waals surface area contributed by atoms with Gasteiger partial charge in [-0.2, -0.15) is 5.01 Å². The zero-order chi connectivity index (χ0) is 27.5. The van der Waals surface area contributed by atoms with E-state index >= 15 is 0 Å². The monoisotopic (exact) mass is 543 g/mol. The molecule has 8 nitrogen and oxygen atoms in total. The van der Waals surface area contributed by atoms with E-state index in [1.54, 1.807) is 27.9 Å². The highest BCUT2D eigenvalue weighted by Gasteiger charge is 2.52. The number of piperazine rings is 1. The van der Waals surface area contributed by atoms with Crippen LogP contribution in [-0.4, -0.2) is 64.0 Å². The average molecular weight is 544 g/mol. The lowest BCUT2D eigenvalue weighted by molar-refractivity contribution is -0.157. The third-order valence-electron chi connectivity index (χ3n) is 7.21. The van der Waals surface area contributed by atoms with Crippen LogP contribution in [0.25, 0.3) is 6.08 Å². The predicted octanol–water partition coefficient (Wildman–Crippen LogP) is 4.29. The Balaban J connectivity index is 1.42. The van der Waals surface area contributed by atoms with Crippen molar-refractivity contribution in [2.45, 2.75) is 25.3 Å². The first-order valence-electron chi connectivity index (χ1n) is 12.7. The quantitative estimate of drug-likeness (QED) is 0.482. The third kappa shape index (κ3) is 5.39. The number of fused-ring (bicyclic) bond motifs is 1. The van der Waals surface area contributed by atoms with Crippen LogP contribution in [0.15, 0.2) is 85.4 Å². The van der Waals surface area contributed by atoms with Crippen LogP contribution in [0.5, 0.6) is 0 Å². The first kappa shape index (κ1) is 26.5. The Kier molecular flexibility index (Phi) is 7.67. The van der Waals surface area contributed by atoms with Gasteiger partial charge in [0.25, 0.3) is 5.91 Å². The lowest BCUT2D eigenvalue weighted by Gasteiger charge is -2.45. The summed E-state index contributed by atoms with van der Waals surface area (Å²) in [5, 5.41) is 6.61. The van der Waals surface area contributed by atoms with Gasteiger partial charge in [-0.3, -0.25) is 14.6 Å². The topological polar surface area (TPSA) is 76.2 Å². The van der Waals surface area contributed by atoms with E-state index in [9.17, 15) is 14.4 Å². The van der Waals surface area contributed by atoms with Crippen molar-refractivity contribution in [1.29, 1.82) is 0 Å². The molecule has 2 aliphatic rings. The highest BCUT2D eigenvalue weighted by atomic mass is 35.5. The lowest BCUT2D eigenvalue weighted by Crippen LogP contribution is -2.62. The highest BCUT2D eigenvalue weighted by Crippen LogP contribution is 2.36. The maximum absolute atomic E-state index is 13.9. The van der Waals surface area contributed by atoms with Crippen LogP contribution in [0.4, 0.5) is 4.79 Å². The SMILES string of the molecule is C=Cc1ccc(CN2C[C@H]3N(C(=O)CN3N(C)C(=O)NCc3ccccc3)[C@@H](c3ccccc3)C2=O)c(Cl)c1. The van der Waals surface area contributed by atoms with Crippen LogP contribution in [0.1, 0.15) is 28.3 Å². The highest BCUT2D eigenvalue weighted by molar-refractivity contribution is 6.31. The van der Waals surface area contributed by atoms with E-state index in [4.69, 9.17) is 11.6 Å². The molecule has 0 unspecified atom stereocenters. The van der Waals surface area contributed by atoms with Crippen LogP contribution in [-0.2, 0) is 22.7 Å². The van der Waals surface area contributed by atoms with Gasteiger partial charge in [-0.15, -0.1) is 0 Å². The number of hydrogen-bond acceptors (Lipinski definition) is 4. The zero-order valence-electron chi connectivity index (χ0n) is 21.7. The van der Waals surface area contributed by atoms with Crippen LogP contribution in [0.3, 0.4) is 0 Å². The van der Waals surface area contributed by atoms with Crippen molar-refractivity contribution in [3.05, 3.63) is 113 Å². The molecule has 4 amide bonds. The van der Waals surface area contributed by atoms with E-state index in [0.717, 1.165) is 22.3 Å². The minimum Gasteiger partial charge on any atom is -0.333 e. The van der Waals surface area contributed by atoms with Crippen molar-refractivity contribution in [2.75, 3.05) is 20.1 Å². The van der Waals surface area contributed by atoms with Crippen molar-refractivity contribution in [2.24, 2.45) is 0 Å². The summed E-state index contributed by atoms with van der Waals surface area (Å²) in [4.78, 5) is 43.7. The second-order valence-corrected chi connectivity index (χ2v) is 10.0. The molecule has 0 radical (unpaired) electrons. The molecule has 2 fully saturated rings. The van der Waals surface area contributed by atoms with Gasteiger partial charge >= 0.3 is 6.03 Å². The lowest BCUT2D eigenvalue weighted by atomic mass is 10.00. The molecule has 3 aromatic carbocycles. The molecule has 3 aromatic rings. The number of amides is 4. The van der Waals surface area contributed by atoms with Gasteiger partial charge in [-0.1, -0.05) is 97.1 Å². The van der Waals surface area contributed by atoms with Gasteiger partial charge in [0.2, 0.25) is 5.91 Å². The first-order chi connectivity index (χ1) is 18.9. The fourth-order valence-corrected chi connectivity index (χ4v) is 5.38. The number of hydrazine groups is 1. The maximum Gasteiger partial charge on any atom is 0.332 e. The van der Waals surface area contributed by atoms with Crippen LogP contribution in [0.2, 0.25) is 5.02 Å². The minimum atomic E-state index is -0.811. The summed E-state index contributed by atoms with van der Waals surface area (Å²) in [6.07, 6.45) is 1.19. The summed E-state index contributed by atoms with van der Waals surface area (Å²) in [5.74, 6) is -0.398. The number of carbonyl (C=O) groups excluding carboxylic acids is 3. The molecule has 0 aromatic heterocycles. The summed E-state index contributed by atoms with van der Waals surface area (Å²) in [7, 11) is 1.64. The summed E-state index contributed by atoms with van der Waals surface area (Å²) >= 11 is 6.55.